The number of carboxylic acids is 1. The second-order valence-electron chi connectivity index (χ2n) is 5.45. The molecule has 0 spiro atoms. The van der Waals surface area contributed by atoms with Gasteiger partial charge in [0.2, 0.25) is 0 Å². The van der Waals surface area contributed by atoms with Gasteiger partial charge in [0.25, 0.3) is 0 Å². The average Bonchev–Trinajstić information content (AvgIpc) is 2.37. The molecule has 8 nitrogen and oxygen atoms in total. The van der Waals surface area contributed by atoms with Crippen molar-refractivity contribution in [2.24, 2.45) is 0 Å². The van der Waals surface area contributed by atoms with Gasteiger partial charge < -0.3 is 23.8 Å². The van der Waals surface area contributed by atoms with E-state index in [0.717, 1.165) is 6.54 Å². The van der Waals surface area contributed by atoms with Crippen molar-refractivity contribution in [1.82, 2.24) is 0 Å². The predicted octanol–water partition coefficient (Wildman–Crippen LogP) is -0.341. The number of likely N-dealkylation sites (N-methyl/N-ethyl adjacent to an activating group) is 1. The summed E-state index contributed by atoms with van der Waals surface area (Å²) in [7, 11) is 5.97. The van der Waals surface area contributed by atoms with Gasteiger partial charge in [0.15, 0.2) is 12.7 Å². The molecule has 0 amide bonds. The normalized spacial score (nSPS) is 12.6. The van der Waals surface area contributed by atoms with Crippen molar-refractivity contribution >= 4 is 17.9 Å². The van der Waals surface area contributed by atoms with Gasteiger partial charge >= 0.3 is 17.9 Å². The van der Waals surface area contributed by atoms with E-state index in [1.807, 2.05) is 21.1 Å². The molecule has 0 bridgehead atoms. The first kappa shape index (κ1) is 19.3. The van der Waals surface area contributed by atoms with E-state index in [4.69, 9.17) is 9.84 Å². The second kappa shape index (κ2) is 9.30. The molecule has 1 atom stereocenters. The van der Waals surface area contributed by atoms with E-state index >= 15 is 0 Å². The molecule has 0 radical (unpaired) electrons. The van der Waals surface area contributed by atoms with Gasteiger partial charge in [0.1, 0.15) is 13.2 Å². The SMILES string of the molecule is CCC(OC(=O)COC(=O)COCC[N+](C)(C)C)C(=O)O. The fourth-order valence-electron chi connectivity index (χ4n) is 1.18. The van der Waals surface area contributed by atoms with Gasteiger partial charge in [-0.2, -0.15) is 0 Å². The van der Waals surface area contributed by atoms with Crippen LogP contribution in [-0.4, -0.2) is 81.1 Å². The standard InChI is InChI=1S/C13H23NO7/c1-5-10(13(17)18)21-12(16)9-20-11(15)8-19-7-6-14(2,3)4/h10H,5-9H2,1-4H3/p+1. The number of ether oxygens (including phenoxy) is 3. The highest BCUT2D eigenvalue weighted by Crippen LogP contribution is 1.99. The van der Waals surface area contributed by atoms with Crippen molar-refractivity contribution in [1.29, 1.82) is 0 Å². The number of esters is 2. The van der Waals surface area contributed by atoms with E-state index in [9.17, 15) is 14.4 Å². The number of carboxylic acid groups (broad SMARTS) is 1. The molecule has 122 valence electrons. The molecule has 0 saturated carbocycles. The maximum absolute atomic E-state index is 11.3. The number of hydrogen-bond donors (Lipinski definition) is 1. The molecule has 0 fully saturated rings. The van der Waals surface area contributed by atoms with Crippen LogP contribution in [-0.2, 0) is 28.6 Å². The summed E-state index contributed by atoms with van der Waals surface area (Å²) in [6.07, 6.45) is -1.08. The Bertz CT molecular complexity index is 362. The lowest BCUT2D eigenvalue weighted by atomic mass is 10.3. The van der Waals surface area contributed by atoms with Crippen LogP contribution in [0, 0.1) is 0 Å². The lowest BCUT2D eigenvalue weighted by Gasteiger charge is -2.23. The average molecular weight is 306 g/mol. The van der Waals surface area contributed by atoms with Crippen molar-refractivity contribution in [3.05, 3.63) is 0 Å². The third kappa shape index (κ3) is 10.7. The molecule has 0 aliphatic carbocycles. The Labute approximate surface area is 124 Å². The van der Waals surface area contributed by atoms with Crippen LogP contribution >= 0.6 is 0 Å². The summed E-state index contributed by atoms with van der Waals surface area (Å²) in [5, 5.41) is 8.70. The van der Waals surface area contributed by atoms with Crippen LogP contribution in [0.5, 0.6) is 0 Å². The molecular weight excluding hydrogens is 282 g/mol. The molecule has 0 aliphatic heterocycles. The Morgan fingerprint density at radius 3 is 2.19 bits per heavy atom. The zero-order chi connectivity index (χ0) is 16.5. The van der Waals surface area contributed by atoms with Crippen LogP contribution < -0.4 is 0 Å². The maximum atomic E-state index is 11.3. The third-order valence-electron chi connectivity index (χ3n) is 2.40. The van der Waals surface area contributed by atoms with Crippen LogP contribution in [0.2, 0.25) is 0 Å². The monoisotopic (exact) mass is 306 g/mol. The molecule has 0 aromatic carbocycles. The Morgan fingerprint density at radius 2 is 1.71 bits per heavy atom. The number of carbonyl (C=O) groups excluding carboxylic acids is 2. The highest BCUT2D eigenvalue weighted by atomic mass is 16.6. The molecule has 8 heteroatoms. The van der Waals surface area contributed by atoms with Gasteiger partial charge in [-0.1, -0.05) is 6.92 Å². The Kier molecular flexibility index (Phi) is 8.56. The third-order valence-corrected chi connectivity index (χ3v) is 2.40. The van der Waals surface area contributed by atoms with E-state index in [1.165, 1.54) is 0 Å². The van der Waals surface area contributed by atoms with E-state index in [0.29, 0.717) is 11.1 Å². The largest absolute Gasteiger partial charge is 0.479 e. The quantitative estimate of drug-likeness (QED) is 0.335. The van der Waals surface area contributed by atoms with Crippen molar-refractivity contribution in [2.45, 2.75) is 19.4 Å². The van der Waals surface area contributed by atoms with Crippen LogP contribution in [0.15, 0.2) is 0 Å². The number of hydrogen-bond acceptors (Lipinski definition) is 6. The van der Waals surface area contributed by atoms with Crippen molar-refractivity contribution < 1.29 is 38.2 Å². The lowest BCUT2D eigenvalue weighted by Crippen LogP contribution is -2.38. The molecule has 1 unspecified atom stereocenters. The Morgan fingerprint density at radius 1 is 1.10 bits per heavy atom. The van der Waals surface area contributed by atoms with E-state index in [-0.39, 0.29) is 13.0 Å². The number of rotatable bonds is 10. The van der Waals surface area contributed by atoms with Gasteiger partial charge in [0, 0.05) is 0 Å². The smallest absolute Gasteiger partial charge is 0.345 e. The summed E-state index contributed by atoms with van der Waals surface area (Å²) < 4.78 is 15.1. The summed E-state index contributed by atoms with van der Waals surface area (Å²) in [4.78, 5) is 33.2. The molecule has 1 N–H and O–H groups in total. The van der Waals surface area contributed by atoms with E-state index in [2.05, 4.69) is 9.47 Å². The summed E-state index contributed by atoms with van der Waals surface area (Å²) in [6, 6.07) is 0. The first-order valence-electron chi connectivity index (χ1n) is 6.61. The summed E-state index contributed by atoms with van der Waals surface area (Å²) in [5.74, 6) is -2.83. The van der Waals surface area contributed by atoms with Gasteiger partial charge in [-0.25, -0.2) is 14.4 Å². The Hall–Kier alpha value is -1.67. The highest BCUT2D eigenvalue weighted by molar-refractivity contribution is 5.80. The molecule has 21 heavy (non-hydrogen) atoms. The molecule has 0 heterocycles. The Balaban J connectivity index is 3.82. The first-order valence-corrected chi connectivity index (χ1v) is 6.61. The first-order chi connectivity index (χ1) is 9.65. The second-order valence-corrected chi connectivity index (χ2v) is 5.45. The van der Waals surface area contributed by atoms with Crippen molar-refractivity contribution in [3.63, 3.8) is 0 Å². The predicted molar refractivity (Wildman–Crippen MR) is 72.5 cm³/mol. The molecule has 0 aromatic rings. The van der Waals surface area contributed by atoms with E-state index < -0.39 is 30.6 Å². The molecular formula is C13H24NO7+. The molecule has 0 aliphatic rings. The fourth-order valence-corrected chi connectivity index (χ4v) is 1.18. The molecule has 0 aromatic heterocycles. The van der Waals surface area contributed by atoms with E-state index in [1.54, 1.807) is 6.92 Å². The number of aliphatic carboxylic acids is 1. The van der Waals surface area contributed by atoms with Gasteiger partial charge in [0.05, 0.1) is 27.7 Å². The summed E-state index contributed by atoms with van der Waals surface area (Å²) in [6.45, 7) is 1.80. The minimum absolute atomic E-state index is 0.142. The number of nitrogens with zero attached hydrogens (tertiary/aromatic N) is 1. The van der Waals surface area contributed by atoms with Crippen LogP contribution in [0.1, 0.15) is 13.3 Å². The lowest BCUT2D eigenvalue weighted by molar-refractivity contribution is -0.870. The summed E-state index contributed by atoms with van der Waals surface area (Å²) in [5.41, 5.74) is 0. The van der Waals surface area contributed by atoms with Crippen molar-refractivity contribution in [2.75, 3.05) is 47.5 Å². The summed E-state index contributed by atoms with van der Waals surface area (Å²) >= 11 is 0. The van der Waals surface area contributed by atoms with Gasteiger partial charge in [-0.15, -0.1) is 0 Å². The molecule has 0 saturated heterocycles. The zero-order valence-electron chi connectivity index (χ0n) is 13.0. The highest BCUT2D eigenvalue weighted by Gasteiger charge is 2.20. The minimum atomic E-state index is -1.24. The number of quaternary nitrogens is 1. The van der Waals surface area contributed by atoms with Gasteiger partial charge in [-0.05, 0) is 6.42 Å². The van der Waals surface area contributed by atoms with Crippen LogP contribution in [0.3, 0.4) is 0 Å². The molecule has 0 rings (SSSR count). The van der Waals surface area contributed by atoms with Gasteiger partial charge in [-0.3, -0.25) is 0 Å². The van der Waals surface area contributed by atoms with Crippen LogP contribution in [0.25, 0.3) is 0 Å². The van der Waals surface area contributed by atoms with Crippen LogP contribution in [0.4, 0.5) is 0 Å². The topological polar surface area (TPSA) is 99.1 Å². The number of carbonyl (C=O) groups is 3. The zero-order valence-corrected chi connectivity index (χ0v) is 13.0. The van der Waals surface area contributed by atoms with Crippen molar-refractivity contribution in [3.8, 4) is 0 Å². The fraction of sp³-hybridized carbons (Fsp3) is 0.769. The maximum Gasteiger partial charge on any atom is 0.345 e. The minimum Gasteiger partial charge on any atom is -0.479 e.